The first-order valence-electron chi connectivity index (χ1n) is 5.94. The van der Waals surface area contributed by atoms with Gasteiger partial charge < -0.3 is 24.4 Å². The number of rotatable bonds is 9. The van der Waals surface area contributed by atoms with Gasteiger partial charge in [-0.05, 0) is 23.8 Å². The Balaban J connectivity index is 2.31. The lowest BCUT2D eigenvalue weighted by molar-refractivity contribution is -0.00421. The molecule has 108 valence electrons. The summed E-state index contributed by atoms with van der Waals surface area (Å²) in [5.74, 6) is 0.600. The third-order valence-electron chi connectivity index (χ3n) is 2.37. The maximum Gasteiger partial charge on any atom is 0.119 e. The standard InChI is InChI=1S/C13H19BrO5/c1-17-4-5-18-8-11(16)9-19-12-2-3-13(14)10(6-12)7-15/h2-3,6,11,15-16H,4-5,7-9H2,1H3. The van der Waals surface area contributed by atoms with E-state index in [4.69, 9.17) is 19.3 Å². The zero-order valence-corrected chi connectivity index (χ0v) is 12.4. The van der Waals surface area contributed by atoms with Crippen molar-refractivity contribution in [2.24, 2.45) is 0 Å². The van der Waals surface area contributed by atoms with Gasteiger partial charge in [0.2, 0.25) is 0 Å². The van der Waals surface area contributed by atoms with E-state index in [1.54, 1.807) is 25.3 Å². The second kappa shape index (κ2) is 9.28. The van der Waals surface area contributed by atoms with E-state index in [-0.39, 0.29) is 19.8 Å². The molecule has 1 aromatic rings. The molecule has 0 aliphatic heterocycles. The van der Waals surface area contributed by atoms with Gasteiger partial charge in [0.15, 0.2) is 0 Å². The van der Waals surface area contributed by atoms with Gasteiger partial charge in [0.1, 0.15) is 18.5 Å². The van der Waals surface area contributed by atoms with Crippen LogP contribution >= 0.6 is 15.9 Å². The highest BCUT2D eigenvalue weighted by Crippen LogP contribution is 2.22. The minimum absolute atomic E-state index is 0.0690. The molecular formula is C13H19BrO5. The maximum atomic E-state index is 9.64. The molecule has 0 aromatic heterocycles. The summed E-state index contributed by atoms with van der Waals surface area (Å²) in [6.45, 7) is 1.22. The lowest BCUT2D eigenvalue weighted by Crippen LogP contribution is -2.24. The third kappa shape index (κ3) is 6.35. The summed E-state index contributed by atoms with van der Waals surface area (Å²) < 4.78 is 16.3. The second-order valence-electron chi connectivity index (χ2n) is 3.94. The van der Waals surface area contributed by atoms with Crippen LogP contribution < -0.4 is 4.74 Å². The lowest BCUT2D eigenvalue weighted by atomic mass is 10.2. The topological polar surface area (TPSA) is 68.2 Å². The van der Waals surface area contributed by atoms with Crippen LogP contribution in [0.25, 0.3) is 0 Å². The van der Waals surface area contributed by atoms with E-state index in [2.05, 4.69) is 15.9 Å². The van der Waals surface area contributed by atoms with Crippen molar-refractivity contribution >= 4 is 15.9 Å². The summed E-state index contributed by atoms with van der Waals surface area (Å²) in [6.07, 6.45) is -0.696. The average molecular weight is 335 g/mol. The number of hydrogen-bond donors (Lipinski definition) is 2. The van der Waals surface area contributed by atoms with Crippen molar-refractivity contribution in [2.45, 2.75) is 12.7 Å². The van der Waals surface area contributed by atoms with Crippen LogP contribution in [0.2, 0.25) is 0 Å². The molecular weight excluding hydrogens is 316 g/mol. The monoisotopic (exact) mass is 334 g/mol. The van der Waals surface area contributed by atoms with Gasteiger partial charge >= 0.3 is 0 Å². The number of benzene rings is 1. The van der Waals surface area contributed by atoms with Crippen molar-refractivity contribution in [3.05, 3.63) is 28.2 Å². The first-order valence-corrected chi connectivity index (χ1v) is 6.73. The Morgan fingerprint density at radius 1 is 1.26 bits per heavy atom. The van der Waals surface area contributed by atoms with Crippen LogP contribution in [0.15, 0.2) is 22.7 Å². The fourth-order valence-corrected chi connectivity index (χ4v) is 1.74. The molecule has 0 bridgehead atoms. The highest BCUT2D eigenvalue weighted by atomic mass is 79.9. The van der Waals surface area contributed by atoms with Crippen LogP contribution in [0, 0.1) is 0 Å². The molecule has 0 saturated carbocycles. The second-order valence-corrected chi connectivity index (χ2v) is 4.80. The molecule has 0 radical (unpaired) electrons. The Morgan fingerprint density at radius 2 is 2.05 bits per heavy atom. The molecule has 0 fully saturated rings. The first-order chi connectivity index (χ1) is 9.17. The SMILES string of the molecule is COCCOCC(O)COc1ccc(Br)c(CO)c1. The Bertz CT molecular complexity index is 372. The third-order valence-corrected chi connectivity index (χ3v) is 3.15. The van der Waals surface area contributed by atoms with E-state index >= 15 is 0 Å². The Labute approximate surface area is 121 Å². The highest BCUT2D eigenvalue weighted by Gasteiger charge is 2.07. The normalized spacial score (nSPS) is 12.4. The smallest absolute Gasteiger partial charge is 0.119 e. The molecule has 5 nitrogen and oxygen atoms in total. The van der Waals surface area contributed by atoms with Crippen molar-refractivity contribution in [1.82, 2.24) is 0 Å². The zero-order valence-electron chi connectivity index (χ0n) is 10.8. The van der Waals surface area contributed by atoms with Crippen molar-refractivity contribution < 1.29 is 24.4 Å². The summed E-state index contributed by atoms with van der Waals surface area (Å²) >= 11 is 3.32. The number of aliphatic hydroxyl groups excluding tert-OH is 2. The summed E-state index contributed by atoms with van der Waals surface area (Å²) in [5, 5.41) is 18.8. The number of ether oxygens (including phenoxy) is 3. The molecule has 6 heteroatoms. The van der Waals surface area contributed by atoms with E-state index in [9.17, 15) is 5.11 Å². The minimum atomic E-state index is -0.696. The molecule has 19 heavy (non-hydrogen) atoms. The molecule has 0 saturated heterocycles. The Hall–Kier alpha value is -0.660. The predicted octanol–water partition coefficient (Wildman–Crippen LogP) is 1.34. The number of methoxy groups -OCH3 is 1. The number of hydrogen-bond acceptors (Lipinski definition) is 5. The average Bonchev–Trinajstić information content (AvgIpc) is 2.42. The summed E-state index contributed by atoms with van der Waals surface area (Å²) in [7, 11) is 1.59. The molecule has 1 unspecified atom stereocenters. The van der Waals surface area contributed by atoms with Crippen LogP contribution in [0.4, 0.5) is 0 Å². The highest BCUT2D eigenvalue weighted by molar-refractivity contribution is 9.10. The van der Waals surface area contributed by atoms with Gasteiger partial charge in [0.25, 0.3) is 0 Å². The molecule has 0 spiro atoms. The van der Waals surface area contributed by atoms with E-state index < -0.39 is 6.10 Å². The van der Waals surface area contributed by atoms with Crippen LogP contribution in [-0.2, 0) is 16.1 Å². The van der Waals surface area contributed by atoms with E-state index in [1.165, 1.54) is 0 Å². The minimum Gasteiger partial charge on any atom is -0.491 e. The van der Waals surface area contributed by atoms with E-state index in [0.717, 1.165) is 10.0 Å². The predicted molar refractivity (Wildman–Crippen MR) is 74.3 cm³/mol. The molecule has 0 heterocycles. The van der Waals surface area contributed by atoms with Gasteiger partial charge in [0.05, 0.1) is 26.4 Å². The summed E-state index contributed by atoms with van der Waals surface area (Å²) in [5.41, 5.74) is 0.739. The molecule has 2 N–H and O–H groups in total. The van der Waals surface area contributed by atoms with Crippen LogP contribution in [-0.4, -0.2) is 49.9 Å². The number of halogens is 1. The Kier molecular flexibility index (Phi) is 8.00. The quantitative estimate of drug-likeness (QED) is 0.667. The van der Waals surface area contributed by atoms with Crippen LogP contribution in [0.1, 0.15) is 5.56 Å². The molecule has 1 aromatic carbocycles. The molecule has 0 aliphatic carbocycles. The largest absolute Gasteiger partial charge is 0.491 e. The van der Waals surface area contributed by atoms with Gasteiger partial charge in [-0.3, -0.25) is 0 Å². The maximum absolute atomic E-state index is 9.64. The lowest BCUT2D eigenvalue weighted by Gasteiger charge is -2.13. The fourth-order valence-electron chi connectivity index (χ4n) is 1.36. The van der Waals surface area contributed by atoms with Gasteiger partial charge in [-0.1, -0.05) is 15.9 Å². The van der Waals surface area contributed by atoms with Crippen molar-refractivity contribution in [1.29, 1.82) is 0 Å². The molecule has 0 amide bonds. The van der Waals surface area contributed by atoms with Crippen molar-refractivity contribution in [3.8, 4) is 5.75 Å². The van der Waals surface area contributed by atoms with Crippen molar-refractivity contribution in [2.75, 3.05) is 33.5 Å². The van der Waals surface area contributed by atoms with E-state index in [1.807, 2.05) is 0 Å². The zero-order chi connectivity index (χ0) is 14.1. The van der Waals surface area contributed by atoms with Crippen LogP contribution in [0.3, 0.4) is 0 Å². The molecule has 1 atom stereocenters. The van der Waals surface area contributed by atoms with Gasteiger partial charge in [-0.25, -0.2) is 0 Å². The fraction of sp³-hybridized carbons (Fsp3) is 0.538. The van der Waals surface area contributed by atoms with Gasteiger partial charge in [0, 0.05) is 11.6 Å². The number of aliphatic hydroxyl groups is 2. The van der Waals surface area contributed by atoms with E-state index in [0.29, 0.717) is 19.0 Å². The molecule has 1 rings (SSSR count). The first kappa shape index (κ1) is 16.4. The van der Waals surface area contributed by atoms with Gasteiger partial charge in [-0.2, -0.15) is 0 Å². The Morgan fingerprint density at radius 3 is 2.74 bits per heavy atom. The van der Waals surface area contributed by atoms with Crippen LogP contribution in [0.5, 0.6) is 5.75 Å². The summed E-state index contributed by atoms with van der Waals surface area (Å²) in [4.78, 5) is 0. The molecule has 0 aliphatic rings. The van der Waals surface area contributed by atoms with Gasteiger partial charge in [-0.15, -0.1) is 0 Å². The van der Waals surface area contributed by atoms with Crippen molar-refractivity contribution in [3.63, 3.8) is 0 Å². The summed E-state index contributed by atoms with van der Waals surface area (Å²) in [6, 6.07) is 5.28.